The summed E-state index contributed by atoms with van der Waals surface area (Å²) in [5.41, 5.74) is 2.05. The van der Waals surface area contributed by atoms with Gasteiger partial charge in [-0.2, -0.15) is 0 Å². The molecule has 3 amide bonds. The van der Waals surface area contributed by atoms with Crippen LogP contribution in [0.2, 0.25) is 0 Å². The van der Waals surface area contributed by atoms with Crippen molar-refractivity contribution in [2.24, 2.45) is 11.8 Å². The molecule has 1 spiro atoms. The van der Waals surface area contributed by atoms with Gasteiger partial charge in [0.2, 0.25) is 17.7 Å². The Hall–Kier alpha value is -4.30. The Bertz CT molecular complexity index is 1600. The molecule has 3 aromatic carbocycles. The Labute approximate surface area is 211 Å². The number of amides is 3. The summed E-state index contributed by atoms with van der Waals surface area (Å²) < 4.78 is 14.5. The van der Waals surface area contributed by atoms with Gasteiger partial charge in [0.1, 0.15) is 11.4 Å². The van der Waals surface area contributed by atoms with E-state index in [0.29, 0.717) is 17.7 Å². The van der Waals surface area contributed by atoms with Crippen LogP contribution in [0.5, 0.6) is 0 Å². The second-order valence-electron chi connectivity index (χ2n) is 10.0. The second-order valence-corrected chi connectivity index (χ2v) is 10.0. The van der Waals surface area contributed by atoms with E-state index in [2.05, 4.69) is 15.6 Å². The summed E-state index contributed by atoms with van der Waals surface area (Å²) in [6.07, 6.45) is 2.32. The summed E-state index contributed by atoms with van der Waals surface area (Å²) in [4.78, 5) is 46.0. The summed E-state index contributed by atoms with van der Waals surface area (Å²) in [5, 5.41) is 7.23. The van der Waals surface area contributed by atoms with Crippen molar-refractivity contribution >= 4 is 34.3 Å². The van der Waals surface area contributed by atoms with Crippen molar-refractivity contribution < 1.29 is 18.8 Å². The first kappa shape index (κ1) is 21.9. The van der Waals surface area contributed by atoms with Gasteiger partial charge in [0.25, 0.3) is 0 Å². The lowest BCUT2D eigenvalue weighted by atomic mass is 9.76. The van der Waals surface area contributed by atoms with Crippen LogP contribution in [0.15, 0.2) is 79.0 Å². The predicted molar refractivity (Wildman–Crippen MR) is 135 cm³/mol. The summed E-state index contributed by atoms with van der Waals surface area (Å²) in [6, 6.07) is 20.7. The summed E-state index contributed by atoms with van der Waals surface area (Å²) in [7, 11) is 0. The van der Waals surface area contributed by atoms with E-state index >= 15 is 0 Å². The zero-order chi connectivity index (χ0) is 25.3. The minimum atomic E-state index is -1.53. The number of H-pyrrole nitrogens is 1. The van der Waals surface area contributed by atoms with Gasteiger partial charge in [-0.25, -0.2) is 4.39 Å². The molecule has 4 heterocycles. The smallest absolute Gasteiger partial charge is 0.250 e. The number of hydrogen-bond donors (Lipinski definition) is 3. The number of carbonyl (C=O) groups is 3. The zero-order valence-electron chi connectivity index (χ0n) is 19.7. The van der Waals surface area contributed by atoms with Crippen molar-refractivity contribution in [1.82, 2.24) is 15.2 Å². The van der Waals surface area contributed by atoms with Crippen LogP contribution < -0.4 is 10.6 Å². The van der Waals surface area contributed by atoms with Crippen LogP contribution in [0, 0.1) is 17.7 Å². The van der Waals surface area contributed by atoms with Crippen LogP contribution in [0.4, 0.5) is 10.1 Å². The highest BCUT2D eigenvalue weighted by Gasteiger charge is 2.70. The number of halogens is 1. The van der Waals surface area contributed by atoms with E-state index in [4.69, 9.17) is 0 Å². The van der Waals surface area contributed by atoms with Gasteiger partial charge in [0.15, 0.2) is 0 Å². The molecule has 2 saturated heterocycles. The van der Waals surface area contributed by atoms with Gasteiger partial charge in [0, 0.05) is 34.4 Å². The van der Waals surface area contributed by atoms with Gasteiger partial charge in [-0.15, -0.1) is 0 Å². The van der Waals surface area contributed by atoms with E-state index in [9.17, 15) is 18.8 Å². The number of likely N-dealkylation sites (tertiary alicyclic amines) is 1. The molecule has 0 aliphatic carbocycles. The maximum absolute atomic E-state index is 14.5. The molecule has 0 bridgehead atoms. The van der Waals surface area contributed by atoms with Gasteiger partial charge >= 0.3 is 0 Å². The van der Waals surface area contributed by atoms with Gasteiger partial charge in [-0.1, -0.05) is 48.5 Å². The molecular weight excluding hydrogens is 471 g/mol. The molecule has 7 nitrogen and oxygen atoms in total. The number of carbonyl (C=O) groups excluding carboxylic acids is 3. The maximum Gasteiger partial charge on any atom is 0.250 e. The first-order valence-corrected chi connectivity index (χ1v) is 12.3. The number of benzene rings is 3. The maximum atomic E-state index is 14.5. The van der Waals surface area contributed by atoms with Crippen molar-refractivity contribution in [3.63, 3.8) is 0 Å². The lowest BCUT2D eigenvalue weighted by molar-refractivity contribution is -0.143. The Morgan fingerprint density at radius 2 is 1.70 bits per heavy atom. The number of aromatic amines is 1. The molecule has 0 saturated carbocycles. The first-order valence-electron chi connectivity index (χ1n) is 12.3. The SMILES string of the molecule is O=C1C2C(Cc3c[nH]c4ccccc34)NC3(C(=O)Nc4ccc(F)cc43)C2C(=O)N1Cc1ccccc1. The van der Waals surface area contributed by atoms with Crippen molar-refractivity contribution in [2.45, 2.75) is 24.5 Å². The highest BCUT2D eigenvalue weighted by atomic mass is 19.1. The lowest BCUT2D eigenvalue weighted by Crippen LogP contribution is -2.53. The van der Waals surface area contributed by atoms with E-state index in [1.54, 1.807) is 0 Å². The predicted octanol–water partition coefficient (Wildman–Crippen LogP) is 3.47. The molecular formula is C29H23FN4O3. The molecule has 8 heteroatoms. The minimum Gasteiger partial charge on any atom is -0.361 e. The molecule has 7 rings (SSSR count). The summed E-state index contributed by atoms with van der Waals surface area (Å²) >= 11 is 0. The zero-order valence-corrected chi connectivity index (χ0v) is 19.7. The first-order chi connectivity index (χ1) is 18.0. The molecule has 184 valence electrons. The van der Waals surface area contributed by atoms with Crippen LogP contribution in [-0.2, 0) is 32.9 Å². The third kappa shape index (κ3) is 3.05. The molecule has 1 aromatic heterocycles. The van der Waals surface area contributed by atoms with E-state index in [1.165, 1.54) is 23.1 Å². The standard InChI is InChI=1S/C29H23FN4O3/c30-18-10-11-22-20(13-18)29(28(37)32-22)25-24(26(35)34(27(25)36)15-16-6-2-1-3-7-16)23(33-29)12-17-14-31-21-9-5-4-8-19(17)21/h1-11,13-14,23-25,31,33H,12,15H2,(H,32,37). The van der Waals surface area contributed by atoms with E-state index in [1.807, 2.05) is 60.8 Å². The number of rotatable bonds is 4. The Kier molecular flexibility index (Phi) is 4.65. The fourth-order valence-corrected chi connectivity index (χ4v) is 6.47. The van der Waals surface area contributed by atoms with Gasteiger partial charge in [0.05, 0.1) is 18.4 Å². The Morgan fingerprint density at radius 3 is 2.54 bits per heavy atom. The van der Waals surface area contributed by atoms with Crippen LogP contribution in [0.3, 0.4) is 0 Å². The van der Waals surface area contributed by atoms with E-state index < -0.39 is 41.0 Å². The largest absolute Gasteiger partial charge is 0.361 e. The topological polar surface area (TPSA) is 94.3 Å². The molecule has 4 atom stereocenters. The lowest BCUT2D eigenvalue weighted by Gasteiger charge is -2.29. The van der Waals surface area contributed by atoms with Crippen LogP contribution in [0.25, 0.3) is 10.9 Å². The number of fused-ring (bicyclic) bond motifs is 5. The van der Waals surface area contributed by atoms with Gasteiger partial charge in [-0.05, 0) is 41.8 Å². The molecule has 2 fully saturated rings. The van der Waals surface area contributed by atoms with Gasteiger partial charge < -0.3 is 10.3 Å². The molecule has 3 N–H and O–H groups in total. The van der Waals surface area contributed by atoms with Crippen LogP contribution >= 0.6 is 0 Å². The number of hydrogen-bond acceptors (Lipinski definition) is 4. The fourth-order valence-electron chi connectivity index (χ4n) is 6.47. The number of para-hydroxylation sites is 1. The molecule has 3 aliphatic heterocycles. The average Bonchev–Trinajstić information content (AvgIpc) is 3.61. The normalized spacial score (nSPS) is 26.2. The average molecular weight is 495 g/mol. The quantitative estimate of drug-likeness (QED) is 0.379. The second kappa shape index (κ2) is 7.85. The third-order valence-corrected chi connectivity index (χ3v) is 8.07. The Morgan fingerprint density at radius 1 is 0.919 bits per heavy atom. The number of nitrogens with one attached hydrogen (secondary N) is 3. The fraction of sp³-hybridized carbons (Fsp3) is 0.207. The monoisotopic (exact) mass is 494 g/mol. The van der Waals surface area contributed by atoms with Crippen molar-refractivity contribution in [3.05, 3.63) is 102 Å². The molecule has 4 unspecified atom stereocenters. The molecule has 37 heavy (non-hydrogen) atoms. The van der Waals surface area contributed by atoms with Crippen molar-refractivity contribution in [1.29, 1.82) is 0 Å². The number of nitrogens with zero attached hydrogens (tertiary/aromatic N) is 1. The number of anilines is 1. The summed E-state index contributed by atoms with van der Waals surface area (Å²) in [6.45, 7) is 0.124. The van der Waals surface area contributed by atoms with Crippen LogP contribution in [0.1, 0.15) is 16.7 Å². The third-order valence-electron chi connectivity index (χ3n) is 8.07. The van der Waals surface area contributed by atoms with Crippen molar-refractivity contribution in [2.75, 3.05) is 5.32 Å². The van der Waals surface area contributed by atoms with Gasteiger partial charge in [-0.3, -0.25) is 24.6 Å². The van der Waals surface area contributed by atoms with Crippen LogP contribution in [-0.4, -0.2) is 33.6 Å². The Balaban J connectivity index is 1.35. The molecule has 4 aromatic rings. The number of aromatic nitrogens is 1. The highest BCUT2D eigenvalue weighted by molar-refractivity contribution is 6.15. The molecule has 0 radical (unpaired) electrons. The van der Waals surface area contributed by atoms with E-state index in [0.717, 1.165) is 22.0 Å². The highest BCUT2D eigenvalue weighted by Crippen LogP contribution is 2.53. The number of imide groups is 1. The molecule has 3 aliphatic rings. The van der Waals surface area contributed by atoms with Crippen molar-refractivity contribution in [3.8, 4) is 0 Å². The summed E-state index contributed by atoms with van der Waals surface area (Å²) in [5.74, 6) is -3.43. The minimum absolute atomic E-state index is 0.124. The van der Waals surface area contributed by atoms with E-state index in [-0.39, 0.29) is 12.5 Å².